The van der Waals surface area contributed by atoms with Crippen molar-refractivity contribution in [1.29, 1.82) is 0 Å². The Balaban J connectivity index is 1.37. The Bertz CT molecular complexity index is 1870. The molecule has 9 heteroatoms. The molecule has 2 saturated carbocycles. The highest BCUT2D eigenvalue weighted by Crippen LogP contribution is 2.77. The van der Waals surface area contributed by atoms with Gasteiger partial charge in [-0.05, 0) is 37.3 Å². The standard InChI is InChI=1S/C74H130O9/c1-8-11-14-17-20-23-26-29-32-35-38-41-44-47-50-53-65(75)81-59-62-57-63-68-71(6,7)74(68,83-67(77)55-52-49-46-43-40-37-34-31-28-25-22-19-16-13-10-3)70(61(5)73(63,80)64-56-60(4)69(78)72(64,79)58-62)82-66(76)54-51-48-45-42-39-36-33-30-27-24-21-18-15-12-9-2/h56-57,61,63-64,68,70,79-80H,8-55,58-59H2,1-7H3/t61-,63+,64-,68-,70-,72+,73-,74-/m1/s1. The van der Waals surface area contributed by atoms with Gasteiger partial charge < -0.3 is 24.4 Å². The summed E-state index contributed by atoms with van der Waals surface area (Å²) in [6, 6.07) is 0. The van der Waals surface area contributed by atoms with Gasteiger partial charge >= 0.3 is 17.9 Å². The summed E-state index contributed by atoms with van der Waals surface area (Å²) in [5.74, 6) is -4.58. The number of unbranched alkanes of at least 4 members (excludes halogenated alkanes) is 42. The number of hydrogen-bond donors (Lipinski definition) is 2. The number of ether oxygens (including phenoxy) is 3. The van der Waals surface area contributed by atoms with Crippen LogP contribution in [-0.2, 0) is 33.4 Å². The summed E-state index contributed by atoms with van der Waals surface area (Å²) in [5.41, 5.74) is -4.85. The highest BCUT2D eigenvalue weighted by Gasteiger charge is 2.88. The SMILES string of the molecule is CCCCCCCCCCCCCCCCCC(=O)OCC1=C[C@H]2[C@@H]3C(C)(C)[C@]3(OC(=O)CCCCCCCCCCCCCCCCC)[C@H](OC(=O)CCCCCCCCCCCCCCCCC)[C@@H](C)[C@]2(O)[C@@H]2C=C(C)C(=O)[C@]2(O)C1. The van der Waals surface area contributed by atoms with E-state index in [1.165, 1.54) is 218 Å². The van der Waals surface area contributed by atoms with Crippen molar-refractivity contribution in [2.45, 2.75) is 386 Å². The van der Waals surface area contributed by atoms with Crippen LogP contribution in [0.1, 0.15) is 363 Å². The summed E-state index contributed by atoms with van der Waals surface area (Å²) < 4.78 is 19.3. The maximum atomic E-state index is 14.3. The molecule has 0 radical (unpaired) electrons. The molecule has 4 aliphatic carbocycles. The minimum atomic E-state index is -2.00. The maximum absolute atomic E-state index is 14.3. The lowest BCUT2D eigenvalue weighted by molar-refractivity contribution is -0.229. The number of fused-ring (bicyclic) bond motifs is 5. The smallest absolute Gasteiger partial charge is 0.306 e. The minimum Gasteiger partial charge on any atom is -0.461 e. The molecule has 2 N–H and O–H groups in total. The highest BCUT2D eigenvalue weighted by atomic mass is 16.6. The zero-order valence-corrected chi connectivity index (χ0v) is 55.1. The van der Waals surface area contributed by atoms with Gasteiger partial charge in [0.1, 0.15) is 18.3 Å². The van der Waals surface area contributed by atoms with E-state index in [9.17, 15) is 29.4 Å². The number of carbonyl (C=O) groups excluding carboxylic acids is 4. The lowest BCUT2D eigenvalue weighted by Crippen LogP contribution is -2.66. The van der Waals surface area contributed by atoms with Crippen LogP contribution < -0.4 is 0 Å². The molecule has 2 fully saturated rings. The number of rotatable bonds is 52. The lowest BCUT2D eigenvalue weighted by Gasteiger charge is -2.53. The second kappa shape index (κ2) is 40.8. The summed E-state index contributed by atoms with van der Waals surface area (Å²) in [4.78, 5) is 55.9. The molecule has 4 rings (SSSR count). The van der Waals surface area contributed by atoms with E-state index in [-0.39, 0.29) is 43.8 Å². The molecule has 0 aromatic rings. The zero-order valence-electron chi connectivity index (χ0n) is 55.1. The molecule has 480 valence electrons. The molecule has 0 spiro atoms. The first kappa shape index (κ1) is 73.0. The largest absolute Gasteiger partial charge is 0.461 e. The van der Waals surface area contributed by atoms with Crippen LogP contribution in [0.15, 0.2) is 23.3 Å². The average Bonchev–Trinajstić information content (AvgIpc) is 1.49. The van der Waals surface area contributed by atoms with Gasteiger partial charge in [-0.15, -0.1) is 0 Å². The second-order valence-corrected chi connectivity index (χ2v) is 27.9. The fourth-order valence-corrected chi connectivity index (χ4v) is 15.4. The summed E-state index contributed by atoms with van der Waals surface area (Å²) in [5, 5.41) is 26.3. The maximum Gasteiger partial charge on any atom is 0.306 e. The molecule has 8 atom stereocenters. The first-order valence-corrected chi connectivity index (χ1v) is 36.1. The quantitative estimate of drug-likeness (QED) is 0.0264. The molecule has 0 heterocycles. The Morgan fingerprint density at radius 1 is 0.482 bits per heavy atom. The molecule has 0 aromatic carbocycles. The molecule has 9 nitrogen and oxygen atoms in total. The van der Waals surface area contributed by atoms with Crippen molar-refractivity contribution in [2.24, 2.45) is 29.1 Å². The third-order valence-electron chi connectivity index (χ3n) is 20.7. The number of carbonyl (C=O) groups is 4. The van der Waals surface area contributed by atoms with Gasteiger partial charge in [0.25, 0.3) is 0 Å². The van der Waals surface area contributed by atoms with Crippen LogP contribution >= 0.6 is 0 Å². The van der Waals surface area contributed by atoms with Crippen molar-refractivity contribution in [2.75, 3.05) is 6.61 Å². The van der Waals surface area contributed by atoms with E-state index in [1.807, 2.05) is 26.8 Å². The van der Waals surface area contributed by atoms with Gasteiger partial charge in [-0.25, -0.2) is 0 Å². The van der Waals surface area contributed by atoms with Crippen LogP contribution in [0.2, 0.25) is 0 Å². The average molecular weight is 1160 g/mol. The summed E-state index contributed by atoms with van der Waals surface area (Å²) in [6.45, 7) is 14.3. The third kappa shape index (κ3) is 23.5. The van der Waals surface area contributed by atoms with Crippen LogP contribution in [0.25, 0.3) is 0 Å². The molecule has 83 heavy (non-hydrogen) atoms. The topological polar surface area (TPSA) is 136 Å². The van der Waals surface area contributed by atoms with Gasteiger partial charge in [-0.1, -0.05) is 323 Å². The van der Waals surface area contributed by atoms with E-state index in [0.29, 0.717) is 30.4 Å². The molecular formula is C74H130O9. The number of esters is 3. The first-order chi connectivity index (χ1) is 40.2. The van der Waals surface area contributed by atoms with Gasteiger partial charge in [-0.2, -0.15) is 0 Å². The second-order valence-electron chi connectivity index (χ2n) is 27.9. The van der Waals surface area contributed by atoms with E-state index in [1.54, 1.807) is 13.0 Å². The summed E-state index contributed by atoms with van der Waals surface area (Å²) in [7, 11) is 0. The van der Waals surface area contributed by atoms with Crippen LogP contribution in [0.4, 0.5) is 0 Å². The molecular weight excluding hydrogens is 1030 g/mol. The Labute approximate surface area is 510 Å². The van der Waals surface area contributed by atoms with Gasteiger partial charge in [0.2, 0.25) is 0 Å². The molecule has 0 amide bonds. The predicted molar refractivity (Wildman–Crippen MR) is 343 cm³/mol. The van der Waals surface area contributed by atoms with Crippen molar-refractivity contribution >= 4 is 23.7 Å². The summed E-state index contributed by atoms with van der Waals surface area (Å²) in [6.07, 6.45) is 58.8. The van der Waals surface area contributed by atoms with E-state index in [2.05, 4.69) is 20.8 Å². The molecule has 4 aliphatic rings. The Kier molecular flexibility index (Phi) is 35.9. The predicted octanol–water partition coefficient (Wildman–Crippen LogP) is 20.4. The van der Waals surface area contributed by atoms with Crippen molar-refractivity contribution in [3.63, 3.8) is 0 Å². The van der Waals surface area contributed by atoms with Crippen molar-refractivity contribution < 1.29 is 43.6 Å². The van der Waals surface area contributed by atoms with Gasteiger partial charge in [0.05, 0.1) is 5.60 Å². The number of hydrogen-bond acceptors (Lipinski definition) is 9. The Morgan fingerprint density at radius 2 is 0.807 bits per heavy atom. The molecule has 0 saturated heterocycles. The van der Waals surface area contributed by atoms with E-state index < -0.39 is 57.8 Å². The van der Waals surface area contributed by atoms with E-state index >= 15 is 0 Å². The number of aliphatic hydroxyl groups is 2. The van der Waals surface area contributed by atoms with Crippen LogP contribution in [-0.4, -0.2) is 63.4 Å². The molecule has 0 unspecified atom stereocenters. The third-order valence-corrected chi connectivity index (χ3v) is 20.7. The molecule has 0 bridgehead atoms. The number of Topliss-reactive ketones (excluding diaryl/α,β-unsaturated/α-hetero) is 1. The Hall–Kier alpha value is -2.52. The van der Waals surface area contributed by atoms with E-state index in [0.717, 1.165) is 57.8 Å². The Morgan fingerprint density at radius 3 is 1.17 bits per heavy atom. The monoisotopic (exact) mass is 1160 g/mol. The number of ketones is 1. The van der Waals surface area contributed by atoms with Crippen LogP contribution in [0.3, 0.4) is 0 Å². The van der Waals surface area contributed by atoms with E-state index in [4.69, 9.17) is 14.2 Å². The summed E-state index contributed by atoms with van der Waals surface area (Å²) >= 11 is 0. The lowest BCUT2D eigenvalue weighted by atomic mass is 9.59. The fourth-order valence-electron chi connectivity index (χ4n) is 15.4. The van der Waals surface area contributed by atoms with Gasteiger partial charge in [-0.3, -0.25) is 19.2 Å². The first-order valence-electron chi connectivity index (χ1n) is 36.1. The van der Waals surface area contributed by atoms with Gasteiger partial charge in [0.15, 0.2) is 11.4 Å². The van der Waals surface area contributed by atoms with Crippen molar-refractivity contribution in [3.8, 4) is 0 Å². The highest BCUT2D eigenvalue weighted by molar-refractivity contribution is 6.05. The van der Waals surface area contributed by atoms with Crippen LogP contribution in [0, 0.1) is 29.1 Å². The van der Waals surface area contributed by atoms with Crippen LogP contribution in [0.5, 0.6) is 0 Å². The van der Waals surface area contributed by atoms with Crippen molar-refractivity contribution in [3.05, 3.63) is 23.3 Å². The molecule has 0 aromatic heterocycles. The zero-order chi connectivity index (χ0) is 60.2. The minimum absolute atomic E-state index is 0.106. The molecule has 0 aliphatic heterocycles. The fraction of sp³-hybridized carbons (Fsp3) is 0.892. The van der Waals surface area contributed by atoms with Gasteiger partial charge in [0, 0.05) is 54.8 Å². The van der Waals surface area contributed by atoms with Crippen molar-refractivity contribution in [1.82, 2.24) is 0 Å². The normalized spacial score (nSPS) is 25.0.